The highest BCUT2D eigenvalue weighted by molar-refractivity contribution is 5.93. The first-order chi connectivity index (χ1) is 9.93. The summed E-state index contributed by atoms with van der Waals surface area (Å²) in [5.41, 5.74) is 10.3. The summed E-state index contributed by atoms with van der Waals surface area (Å²) in [6.45, 7) is 7.94. The molecule has 0 saturated carbocycles. The van der Waals surface area contributed by atoms with E-state index in [-0.39, 0.29) is 11.9 Å². The molecule has 0 aliphatic heterocycles. The molecule has 0 fully saturated rings. The molecule has 21 heavy (non-hydrogen) atoms. The van der Waals surface area contributed by atoms with Crippen molar-refractivity contribution in [2.24, 2.45) is 0 Å². The third-order valence-electron chi connectivity index (χ3n) is 3.75. The van der Waals surface area contributed by atoms with Crippen molar-refractivity contribution >= 4 is 17.3 Å². The zero-order valence-corrected chi connectivity index (χ0v) is 13.0. The average Bonchev–Trinajstić information content (AvgIpc) is 2.75. The molecular formula is C16H22N4O. The summed E-state index contributed by atoms with van der Waals surface area (Å²) in [4.78, 5) is 12.4. The van der Waals surface area contributed by atoms with E-state index >= 15 is 0 Å². The van der Waals surface area contributed by atoms with Crippen LogP contribution in [0.25, 0.3) is 0 Å². The van der Waals surface area contributed by atoms with Crippen LogP contribution in [0.15, 0.2) is 24.3 Å². The summed E-state index contributed by atoms with van der Waals surface area (Å²) in [6.07, 6.45) is 0.921. The second kappa shape index (κ2) is 5.99. The molecular weight excluding hydrogens is 264 g/mol. The van der Waals surface area contributed by atoms with Crippen molar-refractivity contribution in [1.82, 2.24) is 9.78 Å². The van der Waals surface area contributed by atoms with Gasteiger partial charge in [-0.15, -0.1) is 0 Å². The summed E-state index contributed by atoms with van der Waals surface area (Å²) in [7, 11) is 0. The first-order valence-electron chi connectivity index (χ1n) is 7.15. The molecule has 0 aliphatic rings. The van der Waals surface area contributed by atoms with Gasteiger partial charge in [0.05, 0.1) is 5.69 Å². The molecule has 0 bridgehead atoms. The molecule has 0 aliphatic carbocycles. The van der Waals surface area contributed by atoms with Crippen LogP contribution in [-0.4, -0.2) is 15.7 Å². The predicted molar refractivity (Wildman–Crippen MR) is 85.3 cm³/mol. The number of amides is 1. The van der Waals surface area contributed by atoms with Crippen molar-refractivity contribution in [3.05, 3.63) is 41.2 Å². The van der Waals surface area contributed by atoms with Gasteiger partial charge < -0.3 is 11.1 Å². The molecule has 2 rings (SSSR count). The molecule has 5 heteroatoms. The normalized spacial score (nSPS) is 12.2. The Morgan fingerprint density at radius 3 is 2.48 bits per heavy atom. The van der Waals surface area contributed by atoms with Crippen molar-refractivity contribution in [1.29, 1.82) is 0 Å². The largest absolute Gasteiger partial charge is 0.399 e. The van der Waals surface area contributed by atoms with Crippen LogP contribution in [0.1, 0.15) is 36.8 Å². The van der Waals surface area contributed by atoms with Crippen LogP contribution in [-0.2, 0) is 11.2 Å². The second-order valence-corrected chi connectivity index (χ2v) is 5.23. The lowest BCUT2D eigenvalue weighted by atomic mass is 10.1. The zero-order valence-electron chi connectivity index (χ0n) is 13.0. The number of anilines is 2. The minimum absolute atomic E-state index is 0.0898. The lowest BCUT2D eigenvalue weighted by molar-refractivity contribution is -0.119. The molecule has 3 N–H and O–H groups in total. The molecule has 112 valence electrons. The lowest BCUT2D eigenvalue weighted by Gasteiger charge is -2.15. The molecule has 0 saturated heterocycles. The van der Waals surface area contributed by atoms with Crippen molar-refractivity contribution in [3.63, 3.8) is 0 Å². The van der Waals surface area contributed by atoms with Gasteiger partial charge in [-0.25, -0.2) is 0 Å². The number of hydrogen-bond donors (Lipinski definition) is 2. The molecule has 0 radical (unpaired) electrons. The van der Waals surface area contributed by atoms with E-state index in [1.54, 1.807) is 28.9 Å². The van der Waals surface area contributed by atoms with E-state index in [9.17, 15) is 4.79 Å². The van der Waals surface area contributed by atoms with E-state index in [1.807, 2.05) is 20.8 Å². The first-order valence-corrected chi connectivity index (χ1v) is 7.15. The number of carbonyl (C=O) groups is 1. The van der Waals surface area contributed by atoms with E-state index < -0.39 is 0 Å². The summed E-state index contributed by atoms with van der Waals surface area (Å²) in [5, 5.41) is 7.38. The minimum Gasteiger partial charge on any atom is -0.399 e. The Balaban J connectivity index is 2.17. The van der Waals surface area contributed by atoms with Gasteiger partial charge in [-0.1, -0.05) is 6.92 Å². The molecule has 1 aromatic heterocycles. The van der Waals surface area contributed by atoms with Gasteiger partial charge in [0.25, 0.3) is 0 Å². The van der Waals surface area contributed by atoms with Crippen LogP contribution in [0.4, 0.5) is 11.4 Å². The van der Waals surface area contributed by atoms with Gasteiger partial charge in [0.15, 0.2) is 0 Å². The number of carbonyl (C=O) groups excluding carboxylic acids is 1. The van der Waals surface area contributed by atoms with Gasteiger partial charge in [0, 0.05) is 17.1 Å². The number of nitrogens with zero attached hydrogens (tertiary/aromatic N) is 2. The zero-order chi connectivity index (χ0) is 15.6. The SMILES string of the molecule is CCc1c(C)nn(C(C)C(=O)Nc2ccc(N)cc2)c1C. The van der Waals surface area contributed by atoms with E-state index in [2.05, 4.69) is 17.3 Å². The number of aryl methyl sites for hydroxylation is 1. The van der Waals surface area contributed by atoms with Crippen LogP contribution in [0, 0.1) is 13.8 Å². The van der Waals surface area contributed by atoms with Crippen LogP contribution in [0.3, 0.4) is 0 Å². The van der Waals surface area contributed by atoms with Crippen molar-refractivity contribution in [2.75, 3.05) is 11.1 Å². The number of aromatic nitrogens is 2. The van der Waals surface area contributed by atoms with E-state index in [0.717, 1.165) is 23.5 Å². The van der Waals surface area contributed by atoms with Gasteiger partial charge in [-0.3, -0.25) is 9.48 Å². The minimum atomic E-state index is -0.360. The quantitative estimate of drug-likeness (QED) is 0.849. The molecule has 5 nitrogen and oxygen atoms in total. The Hall–Kier alpha value is -2.30. The molecule has 1 aromatic carbocycles. The smallest absolute Gasteiger partial charge is 0.248 e. The van der Waals surface area contributed by atoms with Crippen molar-refractivity contribution < 1.29 is 4.79 Å². The number of nitrogens with two attached hydrogens (primary N) is 1. The topological polar surface area (TPSA) is 72.9 Å². The first kappa shape index (κ1) is 15.1. The highest BCUT2D eigenvalue weighted by Gasteiger charge is 2.20. The maximum atomic E-state index is 12.4. The highest BCUT2D eigenvalue weighted by Crippen LogP contribution is 2.19. The van der Waals surface area contributed by atoms with E-state index in [1.165, 1.54) is 5.56 Å². The number of benzene rings is 1. The number of nitrogens with one attached hydrogen (secondary N) is 1. The molecule has 0 spiro atoms. The van der Waals surface area contributed by atoms with Gasteiger partial charge in [0.1, 0.15) is 6.04 Å². The second-order valence-electron chi connectivity index (χ2n) is 5.23. The lowest BCUT2D eigenvalue weighted by Crippen LogP contribution is -2.25. The standard InChI is InChI=1S/C16H22N4O/c1-5-15-10(2)19-20(11(15)3)12(4)16(21)18-14-8-6-13(17)7-9-14/h6-9,12H,5,17H2,1-4H3,(H,18,21). The molecule has 2 aromatic rings. The monoisotopic (exact) mass is 286 g/mol. The summed E-state index contributed by atoms with van der Waals surface area (Å²) in [5.74, 6) is -0.0898. The van der Waals surface area contributed by atoms with E-state index in [0.29, 0.717) is 5.69 Å². The van der Waals surface area contributed by atoms with Crippen LogP contribution in [0.2, 0.25) is 0 Å². The molecule has 1 atom stereocenters. The third kappa shape index (κ3) is 3.07. The summed E-state index contributed by atoms with van der Waals surface area (Å²) < 4.78 is 1.79. The number of nitrogen functional groups attached to an aromatic ring is 1. The number of rotatable bonds is 4. The van der Waals surface area contributed by atoms with Crippen molar-refractivity contribution in [2.45, 2.75) is 40.2 Å². The number of hydrogen-bond acceptors (Lipinski definition) is 3. The van der Waals surface area contributed by atoms with Gasteiger partial charge >= 0.3 is 0 Å². The summed E-state index contributed by atoms with van der Waals surface area (Å²) >= 11 is 0. The van der Waals surface area contributed by atoms with E-state index in [4.69, 9.17) is 5.73 Å². The summed E-state index contributed by atoms with van der Waals surface area (Å²) in [6, 6.07) is 6.75. The maximum absolute atomic E-state index is 12.4. The van der Waals surface area contributed by atoms with Crippen LogP contribution < -0.4 is 11.1 Å². The molecule has 1 amide bonds. The fourth-order valence-electron chi connectivity index (χ4n) is 2.51. The highest BCUT2D eigenvalue weighted by atomic mass is 16.2. The Bertz CT molecular complexity index is 643. The Morgan fingerprint density at radius 1 is 1.33 bits per heavy atom. The van der Waals surface area contributed by atoms with Crippen molar-refractivity contribution in [3.8, 4) is 0 Å². The van der Waals surface area contributed by atoms with Gasteiger partial charge in [-0.2, -0.15) is 5.10 Å². The average molecular weight is 286 g/mol. The maximum Gasteiger partial charge on any atom is 0.248 e. The predicted octanol–water partition coefficient (Wildman–Crippen LogP) is 2.84. The fourth-order valence-corrected chi connectivity index (χ4v) is 2.51. The van der Waals surface area contributed by atoms with Gasteiger partial charge in [-0.05, 0) is 57.0 Å². The fraction of sp³-hybridized carbons (Fsp3) is 0.375. The van der Waals surface area contributed by atoms with Crippen LogP contribution in [0.5, 0.6) is 0 Å². The Labute approximate surface area is 125 Å². The van der Waals surface area contributed by atoms with Gasteiger partial charge in [0.2, 0.25) is 5.91 Å². The molecule has 1 heterocycles. The molecule has 1 unspecified atom stereocenters. The van der Waals surface area contributed by atoms with Crippen LogP contribution >= 0.6 is 0 Å². The Morgan fingerprint density at radius 2 is 1.95 bits per heavy atom. The Kier molecular flexibility index (Phi) is 4.31. The third-order valence-corrected chi connectivity index (χ3v) is 3.75.